The maximum absolute atomic E-state index is 13.1. The van der Waals surface area contributed by atoms with Crippen molar-refractivity contribution in [3.63, 3.8) is 0 Å². The lowest BCUT2D eigenvalue weighted by molar-refractivity contribution is 0.103. The standard InChI is InChI=1S/C26H19BrN2O3S2/c1-29(34(31,32)21-12-9-19(27)10-13-21)20-11-14-24-18(15-20)16-25(33-24)26(30)28-23-8-4-6-17-5-2-3-7-22(17)23/h2-16H,1H3,(H,28,30). The summed E-state index contributed by atoms with van der Waals surface area (Å²) in [5, 5.41) is 5.85. The van der Waals surface area contributed by atoms with E-state index in [4.69, 9.17) is 0 Å². The Balaban J connectivity index is 1.43. The Labute approximate surface area is 209 Å². The summed E-state index contributed by atoms with van der Waals surface area (Å²) in [4.78, 5) is 13.8. The minimum Gasteiger partial charge on any atom is -0.321 e. The number of carbonyl (C=O) groups excluding carboxylic acids is 1. The number of amides is 1. The first-order chi connectivity index (χ1) is 16.3. The Morgan fingerprint density at radius 2 is 1.62 bits per heavy atom. The van der Waals surface area contributed by atoms with E-state index in [1.165, 1.54) is 22.7 Å². The molecule has 1 aromatic heterocycles. The van der Waals surface area contributed by atoms with E-state index < -0.39 is 10.0 Å². The molecule has 170 valence electrons. The predicted octanol–water partition coefficient (Wildman–Crippen LogP) is 6.89. The summed E-state index contributed by atoms with van der Waals surface area (Å²) in [6, 6.07) is 27.4. The van der Waals surface area contributed by atoms with Gasteiger partial charge in [-0.2, -0.15) is 0 Å². The summed E-state index contributed by atoms with van der Waals surface area (Å²) in [5.41, 5.74) is 1.27. The molecule has 1 heterocycles. The molecule has 34 heavy (non-hydrogen) atoms. The van der Waals surface area contributed by atoms with E-state index in [1.807, 2.05) is 48.5 Å². The van der Waals surface area contributed by atoms with E-state index in [1.54, 1.807) is 42.5 Å². The number of benzene rings is 4. The largest absolute Gasteiger partial charge is 0.321 e. The lowest BCUT2D eigenvalue weighted by Gasteiger charge is -2.19. The molecule has 1 N–H and O–H groups in total. The van der Waals surface area contributed by atoms with Crippen molar-refractivity contribution < 1.29 is 13.2 Å². The minimum absolute atomic E-state index is 0.199. The van der Waals surface area contributed by atoms with Crippen LogP contribution >= 0.6 is 27.3 Å². The second kappa shape index (κ2) is 8.87. The van der Waals surface area contributed by atoms with Gasteiger partial charge in [0.25, 0.3) is 15.9 Å². The Morgan fingerprint density at radius 1 is 0.882 bits per heavy atom. The quantitative estimate of drug-likeness (QED) is 0.259. The van der Waals surface area contributed by atoms with Crippen molar-refractivity contribution >= 4 is 75.4 Å². The van der Waals surface area contributed by atoms with Crippen LogP contribution in [0.3, 0.4) is 0 Å². The molecule has 0 saturated heterocycles. The molecule has 0 aliphatic rings. The first-order valence-electron chi connectivity index (χ1n) is 10.4. The van der Waals surface area contributed by atoms with E-state index in [2.05, 4.69) is 21.2 Å². The maximum atomic E-state index is 13.1. The smallest absolute Gasteiger partial charge is 0.265 e. The first kappa shape index (κ1) is 22.6. The van der Waals surface area contributed by atoms with E-state index in [-0.39, 0.29) is 10.8 Å². The van der Waals surface area contributed by atoms with Gasteiger partial charge in [-0.15, -0.1) is 11.3 Å². The Hall–Kier alpha value is -3.20. The van der Waals surface area contributed by atoms with E-state index >= 15 is 0 Å². The fourth-order valence-corrected chi connectivity index (χ4v) is 6.15. The van der Waals surface area contributed by atoms with Crippen LogP contribution in [0.25, 0.3) is 20.9 Å². The Kier molecular flexibility index (Phi) is 5.89. The number of anilines is 2. The highest BCUT2D eigenvalue weighted by Gasteiger charge is 2.22. The summed E-state index contributed by atoms with van der Waals surface area (Å²) in [6.07, 6.45) is 0. The summed E-state index contributed by atoms with van der Waals surface area (Å²) >= 11 is 4.70. The average molecular weight is 551 g/mol. The molecular weight excluding hydrogens is 532 g/mol. The van der Waals surface area contributed by atoms with Crippen LogP contribution < -0.4 is 9.62 Å². The van der Waals surface area contributed by atoms with Crippen LogP contribution in [0.5, 0.6) is 0 Å². The van der Waals surface area contributed by atoms with Gasteiger partial charge in [0.05, 0.1) is 15.5 Å². The number of sulfonamides is 1. The molecule has 0 fully saturated rings. The average Bonchev–Trinajstić information content (AvgIpc) is 3.28. The third-order valence-corrected chi connectivity index (χ3v) is 9.04. The topological polar surface area (TPSA) is 66.5 Å². The number of rotatable bonds is 5. The van der Waals surface area contributed by atoms with Gasteiger partial charge in [-0.3, -0.25) is 9.10 Å². The van der Waals surface area contributed by atoms with Crippen molar-refractivity contribution in [3.05, 3.63) is 100 Å². The molecule has 0 saturated carbocycles. The highest BCUT2D eigenvalue weighted by Crippen LogP contribution is 2.32. The third-order valence-electron chi connectivity index (χ3n) is 5.60. The van der Waals surface area contributed by atoms with Crippen LogP contribution in [0.2, 0.25) is 0 Å². The Morgan fingerprint density at radius 3 is 2.41 bits per heavy atom. The molecule has 0 unspecified atom stereocenters. The van der Waals surface area contributed by atoms with Gasteiger partial charge < -0.3 is 5.32 Å². The van der Waals surface area contributed by atoms with Crippen LogP contribution in [0, 0.1) is 0 Å². The van der Waals surface area contributed by atoms with Gasteiger partial charge >= 0.3 is 0 Å². The monoisotopic (exact) mass is 550 g/mol. The zero-order valence-corrected chi connectivity index (χ0v) is 21.2. The Bertz CT molecular complexity index is 1640. The zero-order chi connectivity index (χ0) is 23.9. The van der Waals surface area contributed by atoms with Gasteiger partial charge in [-0.1, -0.05) is 52.3 Å². The van der Waals surface area contributed by atoms with Crippen LogP contribution in [-0.4, -0.2) is 21.4 Å². The van der Waals surface area contributed by atoms with Crippen LogP contribution in [0.4, 0.5) is 11.4 Å². The number of carbonyl (C=O) groups is 1. The summed E-state index contributed by atoms with van der Waals surface area (Å²) in [7, 11) is -2.19. The zero-order valence-electron chi connectivity index (χ0n) is 18.0. The molecule has 4 aromatic carbocycles. The molecule has 5 nitrogen and oxygen atoms in total. The van der Waals surface area contributed by atoms with Crippen LogP contribution in [0.1, 0.15) is 9.67 Å². The predicted molar refractivity (Wildman–Crippen MR) is 143 cm³/mol. The summed E-state index contributed by atoms with van der Waals surface area (Å²) in [6.45, 7) is 0. The van der Waals surface area contributed by atoms with Crippen molar-refractivity contribution in [1.29, 1.82) is 0 Å². The van der Waals surface area contributed by atoms with Crippen LogP contribution in [0.15, 0.2) is 100 Å². The fraction of sp³-hybridized carbons (Fsp3) is 0.0385. The fourth-order valence-electron chi connectivity index (χ4n) is 3.76. The number of fused-ring (bicyclic) bond motifs is 2. The SMILES string of the molecule is CN(c1ccc2sc(C(=O)Nc3cccc4ccccc34)cc2c1)S(=O)(=O)c1ccc(Br)cc1. The second-order valence-corrected chi connectivity index (χ2v) is 11.7. The minimum atomic E-state index is -3.71. The molecule has 0 aliphatic heterocycles. The van der Waals surface area contributed by atoms with Crippen molar-refractivity contribution in [1.82, 2.24) is 0 Å². The number of halogens is 1. The van der Waals surface area contributed by atoms with Gasteiger partial charge in [-0.05, 0) is 65.4 Å². The second-order valence-electron chi connectivity index (χ2n) is 7.74. The van der Waals surface area contributed by atoms with Gasteiger partial charge in [0.2, 0.25) is 0 Å². The van der Waals surface area contributed by atoms with Gasteiger partial charge in [-0.25, -0.2) is 8.42 Å². The molecule has 0 atom stereocenters. The summed E-state index contributed by atoms with van der Waals surface area (Å²) in [5.74, 6) is -0.199. The number of hydrogen-bond donors (Lipinski definition) is 1. The molecule has 0 bridgehead atoms. The normalized spacial score (nSPS) is 11.6. The molecule has 0 radical (unpaired) electrons. The number of thiophene rings is 1. The van der Waals surface area contributed by atoms with Gasteiger partial charge in [0.1, 0.15) is 0 Å². The van der Waals surface area contributed by atoms with Crippen molar-refractivity contribution in [2.75, 3.05) is 16.7 Å². The van der Waals surface area contributed by atoms with Crippen molar-refractivity contribution in [2.24, 2.45) is 0 Å². The number of hydrogen-bond acceptors (Lipinski definition) is 4. The molecule has 5 aromatic rings. The van der Waals surface area contributed by atoms with E-state index in [0.29, 0.717) is 10.6 Å². The van der Waals surface area contributed by atoms with E-state index in [0.717, 1.165) is 31.0 Å². The number of nitrogens with zero attached hydrogens (tertiary/aromatic N) is 1. The lowest BCUT2D eigenvalue weighted by atomic mass is 10.1. The molecule has 1 amide bonds. The molecule has 0 aliphatic carbocycles. The van der Waals surface area contributed by atoms with Gasteiger partial charge in [0, 0.05) is 27.3 Å². The lowest BCUT2D eigenvalue weighted by Crippen LogP contribution is -2.26. The highest BCUT2D eigenvalue weighted by molar-refractivity contribution is 9.10. The first-order valence-corrected chi connectivity index (χ1v) is 13.4. The van der Waals surface area contributed by atoms with Crippen molar-refractivity contribution in [3.8, 4) is 0 Å². The molecule has 8 heteroatoms. The molecule has 0 spiro atoms. The third kappa shape index (κ3) is 4.20. The van der Waals surface area contributed by atoms with E-state index in [9.17, 15) is 13.2 Å². The summed E-state index contributed by atoms with van der Waals surface area (Å²) < 4.78 is 29.1. The van der Waals surface area contributed by atoms with Crippen LogP contribution in [-0.2, 0) is 10.0 Å². The van der Waals surface area contributed by atoms with Gasteiger partial charge in [0.15, 0.2) is 0 Å². The van der Waals surface area contributed by atoms with Crippen molar-refractivity contribution in [2.45, 2.75) is 4.90 Å². The number of nitrogens with one attached hydrogen (secondary N) is 1. The molecule has 5 rings (SSSR count). The molecular formula is C26H19BrN2O3S2. The highest BCUT2D eigenvalue weighted by atomic mass is 79.9. The maximum Gasteiger partial charge on any atom is 0.265 e.